The van der Waals surface area contributed by atoms with E-state index < -0.39 is 20.0 Å². The van der Waals surface area contributed by atoms with Crippen molar-refractivity contribution in [1.82, 2.24) is 5.32 Å². The van der Waals surface area contributed by atoms with Gasteiger partial charge in [0.1, 0.15) is 13.2 Å². The Bertz CT molecular complexity index is 1720. The largest absolute Gasteiger partial charge is 0.756 e. The van der Waals surface area contributed by atoms with Crippen LogP contribution in [0.3, 0.4) is 0 Å². The Morgan fingerprint density at radius 2 is 0.735 bits per heavy atom. The number of quaternary nitrogens is 1. The minimum atomic E-state index is -4.61. The van der Waals surface area contributed by atoms with Crippen LogP contribution in [0.4, 0.5) is 0 Å². The molecule has 0 rings (SSSR count). The van der Waals surface area contributed by atoms with E-state index in [2.05, 4.69) is 116 Å². The standard InChI is InChI=1S/C74H133N2O6P/c1-6-8-10-12-14-16-18-20-22-24-26-28-29-30-31-32-33-34-35-36-37-38-39-40-41-42-43-44-45-46-47-48-50-52-54-56-58-60-62-64-66-68-74(78)75-72(71-82-83(79,80)81-70-69-76(3,4)5)73(77)67-65-63-61-59-57-55-53-51-49-27-25-23-21-19-17-15-13-11-9-7-2/h8,10,14,16,20,22,26,28,30-31,33-34,36-37,39-40,65,67,72-73,77H,6-7,9,11-13,15,17-19,21,23-25,27,29,32,35,38,41-64,66,68-71H2,1-5H3,(H-,75,78,79,80)/b10-8-,16-14-,22-20-,28-26-,31-30-,34-33-,37-36-,40-39-,67-65+. The number of carbonyl (C=O) groups is 1. The number of likely N-dealkylation sites (N-methyl/N-ethyl adjacent to an activating group) is 1. The first-order valence-electron chi connectivity index (χ1n) is 34.7. The van der Waals surface area contributed by atoms with Crippen molar-refractivity contribution in [1.29, 1.82) is 0 Å². The van der Waals surface area contributed by atoms with Crippen LogP contribution < -0.4 is 10.2 Å². The summed E-state index contributed by atoms with van der Waals surface area (Å²) in [7, 11) is 1.26. The molecule has 83 heavy (non-hydrogen) atoms. The van der Waals surface area contributed by atoms with Crippen molar-refractivity contribution >= 4 is 13.7 Å². The highest BCUT2D eigenvalue weighted by molar-refractivity contribution is 7.45. The molecule has 9 heteroatoms. The molecule has 2 N–H and O–H groups in total. The Morgan fingerprint density at radius 3 is 1.07 bits per heavy atom. The van der Waals surface area contributed by atoms with Crippen molar-refractivity contribution in [3.63, 3.8) is 0 Å². The van der Waals surface area contributed by atoms with Crippen molar-refractivity contribution in [3.8, 4) is 0 Å². The van der Waals surface area contributed by atoms with E-state index in [-0.39, 0.29) is 19.1 Å². The number of aliphatic hydroxyl groups excluding tert-OH is 1. The number of aliphatic hydroxyl groups is 1. The molecule has 0 saturated carbocycles. The van der Waals surface area contributed by atoms with E-state index in [9.17, 15) is 19.4 Å². The Morgan fingerprint density at radius 1 is 0.434 bits per heavy atom. The summed E-state index contributed by atoms with van der Waals surface area (Å²) in [5.74, 6) is -0.197. The molecule has 1 amide bonds. The summed E-state index contributed by atoms with van der Waals surface area (Å²) in [6.07, 6.45) is 93.4. The van der Waals surface area contributed by atoms with Crippen LogP contribution in [-0.4, -0.2) is 68.5 Å². The number of amides is 1. The van der Waals surface area contributed by atoms with E-state index in [1.165, 1.54) is 193 Å². The summed E-state index contributed by atoms with van der Waals surface area (Å²) in [6, 6.07) is -0.892. The topological polar surface area (TPSA) is 108 Å². The highest BCUT2D eigenvalue weighted by atomic mass is 31.2. The Labute approximate surface area is 514 Å². The molecule has 0 saturated heterocycles. The minimum Gasteiger partial charge on any atom is -0.756 e. The van der Waals surface area contributed by atoms with Crippen molar-refractivity contribution in [3.05, 3.63) is 109 Å². The van der Waals surface area contributed by atoms with Crippen LogP contribution in [0.1, 0.15) is 303 Å². The number of allylic oxidation sites excluding steroid dienone is 17. The molecule has 0 aromatic heterocycles. The maximum atomic E-state index is 13.0. The van der Waals surface area contributed by atoms with Gasteiger partial charge in [0.05, 0.1) is 39.9 Å². The van der Waals surface area contributed by atoms with Gasteiger partial charge in [-0.2, -0.15) is 0 Å². The summed E-state index contributed by atoms with van der Waals surface area (Å²) in [6.45, 7) is 4.56. The number of unbranched alkanes of at least 4 members (excludes halogenated alkanes) is 34. The van der Waals surface area contributed by atoms with Gasteiger partial charge >= 0.3 is 0 Å². The van der Waals surface area contributed by atoms with Crippen LogP contribution in [0.15, 0.2) is 109 Å². The zero-order valence-electron chi connectivity index (χ0n) is 54.9. The van der Waals surface area contributed by atoms with Crippen molar-refractivity contribution in [2.24, 2.45) is 0 Å². The molecule has 480 valence electrons. The van der Waals surface area contributed by atoms with Crippen LogP contribution in [-0.2, 0) is 18.4 Å². The molecule has 0 aliphatic heterocycles. The van der Waals surface area contributed by atoms with Gasteiger partial charge in [-0.25, -0.2) is 0 Å². The van der Waals surface area contributed by atoms with E-state index in [0.717, 1.165) is 89.9 Å². The average Bonchev–Trinajstić information content (AvgIpc) is 3.49. The minimum absolute atomic E-state index is 0.00320. The molecular weight excluding hydrogens is 1040 g/mol. The molecule has 3 unspecified atom stereocenters. The monoisotopic (exact) mass is 1180 g/mol. The summed E-state index contributed by atoms with van der Waals surface area (Å²) in [5, 5.41) is 13.9. The molecule has 0 aliphatic carbocycles. The molecule has 0 bridgehead atoms. The molecule has 0 aromatic rings. The maximum absolute atomic E-state index is 13.0. The van der Waals surface area contributed by atoms with Gasteiger partial charge in [0, 0.05) is 6.42 Å². The molecular formula is C74H133N2O6P. The lowest BCUT2D eigenvalue weighted by molar-refractivity contribution is -0.870. The molecule has 0 aliphatic rings. The zero-order valence-corrected chi connectivity index (χ0v) is 55.8. The fourth-order valence-corrected chi connectivity index (χ4v) is 10.6. The molecule has 8 nitrogen and oxygen atoms in total. The molecule has 0 aromatic carbocycles. The first-order chi connectivity index (χ1) is 40.5. The van der Waals surface area contributed by atoms with Gasteiger partial charge < -0.3 is 28.8 Å². The van der Waals surface area contributed by atoms with Gasteiger partial charge in [-0.15, -0.1) is 0 Å². The quantitative estimate of drug-likeness (QED) is 0.0272. The summed E-state index contributed by atoms with van der Waals surface area (Å²) < 4.78 is 23.4. The highest BCUT2D eigenvalue weighted by Crippen LogP contribution is 2.38. The lowest BCUT2D eigenvalue weighted by Crippen LogP contribution is -2.45. The molecule has 0 fully saturated rings. The van der Waals surface area contributed by atoms with Gasteiger partial charge in [-0.3, -0.25) is 9.36 Å². The molecule has 0 heterocycles. The lowest BCUT2D eigenvalue weighted by Gasteiger charge is -2.29. The number of nitrogens with one attached hydrogen (secondary N) is 1. The fraction of sp³-hybridized carbons (Fsp3) is 0.743. The van der Waals surface area contributed by atoms with Gasteiger partial charge in [0.25, 0.3) is 7.82 Å². The van der Waals surface area contributed by atoms with Crippen LogP contribution in [0, 0.1) is 0 Å². The average molecular weight is 1180 g/mol. The zero-order chi connectivity index (χ0) is 60.5. The number of phosphoric ester groups is 1. The summed E-state index contributed by atoms with van der Waals surface area (Å²) in [5.41, 5.74) is 0. The van der Waals surface area contributed by atoms with Crippen molar-refractivity contribution in [2.75, 3.05) is 40.9 Å². The first-order valence-corrected chi connectivity index (χ1v) is 36.2. The van der Waals surface area contributed by atoms with Crippen LogP contribution in [0.25, 0.3) is 0 Å². The first kappa shape index (κ1) is 80.2. The number of phosphoric acid groups is 1. The number of hydrogen-bond acceptors (Lipinski definition) is 6. The van der Waals surface area contributed by atoms with Gasteiger partial charge in [0.2, 0.25) is 5.91 Å². The number of hydrogen-bond donors (Lipinski definition) is 2. The Balaban J connectivity index is 4.02. The maximum Gasteiger partial charge on any atom is 0.268 e. The normalized spacial score (nSPS) is 14.3. The summed E-state index contributed by atoms with van der Waals surface area (Å²) >= 11 is 0. The van der Waals surface area contributed by atoms with Gasteiger partial charge in [-0.1, -0.05) is 322 Å². The second-order valence-electron chi connectivity index (χ2n) is 24.5. The second-order valence-corrected chi connectivity index (χ2v) is 25.9. The van der Waals surface area contributed by atoms with Crippen molar-refractivity contribution in [2.45, 2.75) is 315 Å². The lowest BCUT2D eigenvalue weighted by atomic mass is 10.0. The summed E-state index contributed by atoms with van der Waals surface area (Å²) in [4.78, 5) is 25.6. The SMILES string of the molecule is CC/C=C\C/C=C\C/C=C\C/C=C\C/C=C\C/C=C\C/C=C\C/C=C\CCCCCCCCCCCCCCCCCCC(=O)NC(COP(=O)([O-])OCC[N+](C)(C)C)C(O)/C=C/CCCCCCCCCCCCCCCCCCCC. The van der Waals surface area contributed by atoms with E-state index >= 15 is 0 Å². The van der Waals surface area contributed by atoms with Crippen LogP contribution in [0.5, 0.6) is 0 Å². The predicted molar refractivity (Wildman–Crippen MR) is 362 cm³/mol. The third kappa shape index (κ3) is 66.5. The van der Waals surface area contributed by atoms with E-state index in [1.807, 2.05) is 27.2 Å². The molecule has 0 spiro atoms. The Hall–Kier alpha value is -2.84. The third-order valence-corrected chi connectivity index (χ3v) is 16.2. The molecule has 3 atom stereocenters. The number of carbonyl (C=O) groups excluding carboxylic acids is 1. The predicted octanol–water partition coefficient (Wildman–Crippen LogP) is 21.6. The highest BCUT2D eigenvalue weighted by Gasteiger charge is 2.23. The van der Waals surface area contributed by atoms with Crippen LogP contribution in [0.2, 0.25) is 0 Å². The van der Waals surface area contributed by atoms with Gasteiger partial charge in [-0.05, 0) is 83.5 Å². The van der Waals surface area contributed by atoms with Crippen molar-refractivity contribution < 1.29 is 32.9 Å². The Kier molecular flexibility index (Phi) is 61.5. The number of nitrogens with zero attached hydrogens (tertiary/aromatic N) is 1. The number of rotatable bonds is 63. The van der Waals surface area contributed by atoms with Gasteiger partial charge in [0.15, 0.2) is 0 Å². The van der Waals surface area contributed by atoms with E-state index in [1.54, 1.807) is 6.08 Å². The molecule has 0 radical (unpaired) electrons. The smallest absolute Gasteiger partial charge is 0.268 e. The fourth-order valence-electron chi connectivity index (χ4n) is 9.88. The third-order valence-electron chi connectivity index (χ3n) is 15.2. The van der Waals surface area contributed by atoms with E-state index in [4.69, 9.17) is 9.05 Å². The van der Waals surface area contributed by atoms with Crippen LogP contribution >= 0.6 is 7.82 Å². The second kappa shape index (κ2) is 63.7. The van der Waals surface area contributed by atoms with E-state index in [0.29, 0.717) is 17.4 Å².